The number of benzene rings is 2. The zero-order valence-corrected chi connectivity index (χ0v) is 35.7. The lowest BCUT2D eigenvalue weighted by Crippen LogP contribution is -2.54. The summed E-state index contributed by atoms with van der Waals surface area (Å²) in [5, 5.41) is 6.45. The number of imidazole rings is 1. The molecule has 0 unspecified atom stereocenters. The van der Waals surface area contributed by atoms with Crippen LogP contribution in [0.5, 0.6) is 0 Å². The molecule has 2 fully saturated rings. The lowest BCUT2D eigenvalue weighted by molar-refractivity contribution is -0.139. The van der Waals surface area contributed by atoms with Crippen molar-refractivity contribution in [2.24, 2.45) is 17.8 Å². The molecule has 15 heteroatoms. The quantitative estimate of drug-likeness (QED) is 0.0978. The standard InChI is InChI=1S/C45H59F4N7O4/c1-8-10-27(15-39(57)26(6)50-7)44(59)54-21-30(48)16-32(54)20-35-34-13-11-28(46)18-36(34)51-41(35)42-52-37-19-29(47)12-14-38(37)56(42)23-33-17-31(49)22-55(33)45(60)40(24(3)4)53-43(58)25(5)9-2/h11-14,18-19,24-27,30-33,40,50-51H,8-10,15-17,20-23H2,1-7H3,(H,53,58)/t25-,26+,27-,30+,31+,32+,33+,40+/m1/s1. The monoisotopic (exact) mass is 837 g/mol. The van der Waals surface area contributed by atoms with Gasteiger partial charge in [-0.3, -0.25) is 19.2 Å². The number of aromatic nitrogens is 3. The molecule has 6 rings (SSSR count). The van der Waals surface area contributed by atoms with Crippen LogP contribution in [0.3, 0.4) is 0 Å². The van der Waals surface area contributed by atoms with E-state index in [2.05, 4.69) is 15.6 Å². The van der Waals surface area contributed by atoms with Gasteiger partial charge in [0, 0.05) is 60.7 Å². The molecule has 4 aromatic rings. The molecule has 0 bridgehead atoms. The average Bonchev–Trinajstić information content (AvgIpc) is 3.97. The van der Waals surface area contributed by atoms with Crippen LogP contribution < -0.4 is 10.6 Å². The van der Waals surface area contributed by atoms with Gasteiger partial charge in [-0.15, -0.1) is 0 Å². The number of likely N-dealkylation sites (tertiary alicyclic amines) is 2. The van der Waals surface area contributed by atoms with Crippen molar-refractivity contribution in [3.05, 3.63) is 53.6 Å². The van der Waals surface area contributed by atoms with Gasteiger partial charge < -0.3 is 30.0 Å². The Hall–Kier alpha value is -4.79. The fourth-order valence-corrected chi connectivity index (χ4v) is 8.83. The van der Waals surface area contributed by atoms with Gasteiger partial charge in [0.25, 0.3) is 0 Å². The summed E-state index contributed by atoms with van der Waals surface area (Å²) in [5.74, 6) is -3.02. The Morgan fingerprint density at radius 3 is 2.20 bits per heavy atom. The molecule has 0 saturated carbocycles. The first-order valence-corrected chi connectivity index (χ1v) is 21.4. The van der Waals surface area contributed by atoms with E-state index in [1.54, 1.807) is 42.5 Å². The predicted molar refractivity (Wildman–Crippen MR) is 223 cm³/mol. The maximum absolute atomic E-state index is 15.5. The van der Waals surface area contributed by atoms with Crippen molar-refractivity contribution >= 4 is 45.4 Å². The molecule has 2 aromatic carbocycles. The number of aromatic amines is 1. The fraction of sp³-hybridized carbons (Fsp3) is 0.578. The van der Waals surface area contributed by atoms with Crippen LogP contribution in [0.4, 0.5) is 17.6 Å². The second-order valence-corrected chi connectivity index (χ2v) is 17.2. The van der Waals surface area contributed by atoms with Crippen molar-refractivity contribution in [3.63, 3.8) is 0 Å². The lowest BCUT2D eigenvalue weighted by atomic mass is 9.92. The van der Waals surface area contributed by atoms with Crippen LogP contribution in [0.25, 0.3) is 33.5 Å². The Kier molecular flexibility index (Phi) is 14.1. The first-order valence-electron chi connectivity index (χ1n) is 21.4. The first-order chi connectivity index (χ1) is 28.5. The number of alkyl halides is 2. The van der Waals surface area contributed by atoms with E-state index in [1.807, 2.05) is 27.7 Å². The number of fused-ring (bicyclic) bond motifs is 2. The summed E-state index contributed by atoms with van der Waals surface area (Å²) in [5.41, 5.74) is 2.27. The van der Waals surface area contributed by atoms with Gasteiger partial charge in [-0.25, -0.2) is 22.5 Å². The molecule has 326 valence electrons. The van der Waals surface area contributed by atoms with E-state index < -0.39 is 60.0 Å². The van der Waals surface area contributed by atoms with Crippen molar-refractivity contribution in [2.75, 3.05) is 20.1 Å². The van der Waals surface area contributed by atoms with E-state index in [0.717, 1.165) is 0 Å². The zero-order valence-electron chi connectivity index (χ0n) is 35.7. The van der Waals surface area contributed by atoms with Gasteiger partial charge in [-0.2, -0.15) is 0 Å². The summed E-state index contributed by atoms with van der Waals surface area (Å²) in [7, 11) is 1.68. The summed E-state index contributed by atoms with van der Waals surface area (Å²) in [6, 6.07) is 5.77. The third kappa shape index (κ3) is 9.40. The van der Waals surface area contributed by atoms with Gasteiger partial charge >= 0.3 is 0 Å². The van der Waals surface area contributed by atoms with Crippen molar-refractivity contribution in [1.29, 1.82) is 0 Å². The Morgan fingerprint density at radius 1 is 0.900 bits per heavy atom. The summed E-state index contributed by atoms with van der Waals surface area (Å²) in [6.07, 6.45) is -0.725. The summed E-state index contributed by atoms with van der Waals surface area (Å²) in [4.78, 5) is 65.6. The average molecular weight is 838 g/mol. The van der Waals surface area contributed by atoms with Crippen LogP contribution in [-0.2, 0) is 32.1 Å². The number of Topliss-reactive ketones (excluding diaryl/α,β-unsaturated/α-hetero) is 1. The zero-order chi connectivity index (χ0) is 43.6. The van der Waals surface area contributed by atoms with Gasteiger partial charge in [-0.1, -0.05) is 41.0 Å². The minimum atomic E-state index is -1.34. The van der Waals surface area contributed by atoms with Gasteiger partial charge in [0.05, 0.1) is 41.9 Å². The van der Waals surface area contributed by atoms with Crippen molar-refractivity contribution < 1.29 is 36.7 Å². The summed E-state index contributed by atoms with van der Waals surface area (Å²) in [6.45, 7) is 10.7. The topological polar surface area (TPSA) is 132 Å². The van der Waals surface area contributed by atoms with Crippen molar-refractivity contribution in [1.82, 2.24) is 35.0 Å². The molecular weight excluding hydrogens is 779 g/mol. The number of rotatable bonds is 17. The molecular formula is C45H59F4N7O4. The first kappa shape index (κ1) is 44.8. The summed E-state index contributed by atoms with van der Waals surface area (Å²) >= 11 is 0. The van der Waals surface area contributed by atoms with Crippen LogP contribution in [0.2, 0.25) is 0 Å². The van der Waals surface area contributed by atoms with Crippen LogP contribution in [0.1, 0.15) is 85.6 Å². The Morgan fingerprint density at radius 2 is 1.55 bits per heavy atom. The number of carbonyl (C=O) groups is 4. The SMILES string of the molecule is CCC[C@H](CC(=O)[C@H](C)NC)C(=O)N1C[C@@H](F)C[C@H]1Cc1c(-c2nc3cc(F)ccc3n2C[C@@H]2C[C@H](F)CN2C(=O)[C@@H](NC(=O)[C@H](C)CC)C(C)C)[nH]c2cc(F)ccc12. The minimum absolute atomic E-state index is 0.00645. The Balaban J connectivity index is 1.41. The number of halogens is 4. The van der Waals surface area contributed by atoms with Crippen LogP contribution in [0, 0.1) is 29.4 Å². The molecule has 3 N–H and O–H groups in total. The maximum Gasteiger partial charge on any atom is 0.245 e. The number of H-pyrrole nitrogens is 1. The molecule has 2 saturated heterocycles. The molecule has 2 aromatic heterocycles. The number of hydrogen-bond acceptors (Lipinski definition) is 6. The lowest BCUT2D eigenvalue weighted by Gasteiger charge is -2.32. The van der Waals surface area contributed by atoms with E-state index in [0.29, 0.717) is 58.3 Å². The number of amides is 3. The smallest absolute Gasteiger partial charge is 0.245 e. The molecule has 2 aliphatic heterocycles. The van der Waals surface area contributed by atoms with Gasteiger partial charge in [0.15, 0.2) is 5.82 Å². The highest BCUT2D eigenvalue weighted by molar-refractivity contribution is 5.93. The van der Waals surface area contributed by atoms with Gasteiger partial charge in [-0.05, 0) is 75.0 Å². The molecule has 0 radical (unpaired) electrons. The van der Waals surface area contributed by atoms with E-state index in [9.17, 15) is 28.0 Å². The number of carbonyl (C=O) groups excluding carboxylic acids is 4. The second-order valence-electron chi connectivity index (χ2n) is 17.2. The number of ketones is 1. The van der Waals surface area contributed by atoms with E-state index >= 15 is 8.78 Å². The number of nitrogens with one attached hydrogen (secondary N) is 3. The fourth-order valence-electron chi connectivity index (χ4n) is 8.83. The van der Waals surface area contributed by atoms with Crippen molar-refractivity contribution in [2.45, 2.75) is 130 Å². The largest absolute Gasteiger partial charge is 0.352 e. The normalized spacial score (nSPS) is 21.5. The highest BCUT2D eigenvalue weighted by atomic mass is 19.1. The van der Waals surface area contributed by atoms with Crippen LogP contribution in [-0.4, -0.2) is 104 Å². The van der Waals surface area contributed by atoms with Gasteiger partial charge in [0.2, 0.25) is 17.7 Å². The van der Waals surface area contributed by atoms with Gasteiger partial charge in [0.1, 0.15) is 35.8 Å². The highest BCUT2D eigenvalue weighted by Crippen LogP contribution is 2.38. The number of nitrogens with zero attached hydrogens (tertiary/aromatic N) is 4. The van der Waals surface area contributed by atoms with Crippen LogP contribution >= 0.6 is 0 Å². The predicted octanol–water partition coefficient (Wildman–Crippen LogP) is 7.05. The molecule has 4 heterocycles. The third-order valence-electron chi connectivity index (χ3n) is 12.6. The highest BCUT2D eigenvalue weighted by Gasteiger charge is 2.42. The molecule has 0 spiro atoms. The summed E-state index contributed by atoms with van der Waals surface area (Å²) < 4.78 is 62.4. The van der Waals surface area contributed by atoms with E-state index in [1.165, 1.54) is 29.2 Å². The maximum atomic E-state index is 15.5. The molecule has 60 heavy (non-hydrogen) atoms. The number of likely N-dealkylation sites (N-methyl/N-ethyl adjacent to an activating group) is 1. The van der Waals surface area contributed by atoms with E-state index in [-0.39, 0.29) is 74.8 Å². The van der Waals surface area contributed by atoms with Crippen LogP contribution in [0.15, 0.2) is 36.4 Å². The molecule has 2 aliphatic rings. The number of hydrogen-bond donors (Lipinski definition) is 3. The van der Waals surface area contributed by atoms with E-state index in [4.69, 9.17) is 4.98 Å². The molecule has 3 amide bonds. The second kappa shape index (κ2) is 18.9. The molecule has 8 atom stereocenters. The minimum Gasteiger partial charge on any atom is -0.352 e. The Bertz CT molecular complexity index is 2210. The molecule has 11 nitrogen and oxygen atoms in total. The molecule has 0 aliphatic carbocycles. The van der Waals surface area contributed by atoms with Crippen molar-refractivity contribution in [3.8, 4) is 11.5 Å². The Labute approximate surface area is 349 Å². The third-order valence-corrected chi connectivity index (χ3v) is 12.6.